The predicted molar refractivity (Wildman–Crippen MR) is 91.0 cm³/mol. The molecule has 1 N–H and O–H groups in total. The van der Waals surface area contributed by atoms with Crippen LogP contribution in [0, 0.1) is 0 Å². The Hall–Kier alpha value is -1.06. The Morgan fingerprint density at radius 1 is 0.773 bits per heavy atom. The molecule has 4 heteroatoms. The van der Waals surface area contributed by atoms with Crippen molar-refractivity contribution in [3.63, 3.8) is 0 Å². The fraction of sp³-hybridized carbons (Fsp3) is 0.889. The molecule has 0 aliphatic carbocycles. The van der Waals surface area contributed by atoms with Crippen molar-refractivity contribution >= 4 is 11.9 Å². The topological polar surface area (TPSA) is 63.6 Å². The van der Waals surface area contributed by atoms with Gasteiger partial charge in [0.1, 0.15) is 0 Å². The van der Waals surface area contributed by atoms with Gasteiger partial charge in [-0.05, 0) is 13.3 Å². The van der Waals surface area contributed by atoms with Crippen molar-refractivity contribution in [2.45, 2.75) is 97.8 Å². The summed E-state index contributed by atoms with van der Waals surface area (Å²) in [5.41, 5.74) is 0. The molecule has 0 radical (unpaired) electrons. The van der Waals surface area contributed by atoms with Crippen molar-refractivity contribution in [1.82, 2.24) is 0 Å². The number of hydrogen-bond acceptors (Lipinski definition) is 3. The van der Waals surface area contributed by atoms with Gasteiger partial charge in [-0.25, -0.2) is 0 Å². The highest BCUT2D eigenvalue weighted by molar-refractivity contribution is 5.66. The molecule has 22 heavy (non-hydrogen) atoms. The van der Waals surface area contributed by atoms with Crippen LogP contribution >= 0.6 is 0 Å². The van der Waals surface area contributed by atoms with E-state index in [0.29, 0.717) is 13.0 Å². The van der Waals surface area contributed by atoms with Gasteiger partial charge < -0.3 is 9.84 Å². The third kappa shape index (κ3) is 27.3. The van der Waals surface area contributed by atoms with Crippen LogP contribution in [0.1, 0.15) is 97.8 Å². The number of rotatable bonds is 13. The monoisotopic (exact) mass is 316 g/mol. The predicted octanol–water partition coefficient (Wildman–Crippen LogP) is 5.34. The van der Waals surface area contributed by atoms with Gasteiger partial charge in [0.15, 0.2) is 0 Å². The molecule has 0 bridgehead atoms. The fourth-order valence-corrected chi connectivity index (χ4v) is 2.14. The first-order valence-electron chi connectivity index (χ1n) is 8.89. The second kappa shape index (κ2) is 19.9. The highest BCUT2D eigenvalue weighted by Crippen LogP contribution is 2.11. The molecule has 0 spiro atoms. The van der Waals surface area contributed by atoms with Crippen LogP contribution in [0.2, 0.25) is 0 Å². The van der Waals surface area contributed by atoms with Crippen molar-refractivity contribution < 1.29 is 19.4 Å². The maximum absolute atomic E-state index is 10.3. The molecule has 0 aromatic heterocycles. The lowest BCUT2D eigenvalue weighted by atomic mass is 10.1. The molecule has 4 nitrogen and oxygen atoms in total. The molecule has 0 aliphatic rings. The van der Waals surface area contributed by atoms with Crippen molar-refractivity contribution in [3.05, 3.63) is 0 Å². The average molecular weight is 316 g/mol. The van der Waals surface area contributed by atoms with Gasteiger partial charge in [-0.15, -0.1) is 0 Å². The first-order valence-corrected chi connectivity index (χ1v) is 8.89. The summed E-state index contributed by atoms with van der Waals surface area (Å²) in [5.74, 6) is -0.867. The van der Waals surface area contributed by atoms with Gasteiger partial charge in [0, 0.05) is 13.3 Å². The largest absolute Gasteiger partial charge is 0.481 e. The van der Waals surface area contributed by atoms with E-state index in [9.17, 15) is 9.59 Å². The highest BCUT2D eigenvalue weighted by Gasteiger charge is 1.96. The minimum atomic E-state index is -0.657. The Kier molecular flexibility index (Phi) is 21.0. The number of unbranched alkanes of at least 4 members (excludes halogenated alkanes) is 10. The zero-order valence-electron chi connectivity index (χ0n) is 14.9. The van der Waals surface area contributed by atoms with Gasteiger partial charge in [0.05, 0.1) is 6.61 Å². The fourth-order valence-electron chi connectivity index (χ4n) is 2.14. The third-order valence-corrected chi connectivity index (χ3v) is 3.34. The van der Waals surface area contributed by atoms with Gasteiger partial charge in [-0.2, -0.15) is 0 Å². The molecule has 0 fully saturated rings. The van der Waals surface area contributed by atoms with E-state index in [2.05, 4.69) is 11.7 Å². The van der Waals surface area contributed by atoms with Crippen molar-refractivity contribution in [1.29, 1.82) is 0 Å². The van der Waals surface area contributed by atoms with Gasteiger partial charge in [-0.3, -0.25) is 9.59 Å². The lowest BCUT2D eigenvalue weighted by molar-refractivity contribution is -0.140. The summed E-state index contributed by atoms with van der Waals surface area (Å²) in [6.07, 6.45) is 14.4. The van der Waals surface area contributed by atoms with Crippen LogP contribution in [0.5, 0.6) is 0 Å². The quantitative estimate of drug-likeness (QED) is 0.368. The summed E-state index contributed by atoms with van der Waals surface area (Å²) < 4.78 is 4.40. The van der Waals surface area contributed by atoms with E-state index >= 15 is 0 Å². The zero-order valence-corrected chi connectivity index (χ0v) is 14.9. The minimum Gasteiger partial charge on any atom is -0.481 e. The molecule has 0 aromatic carbocycles. The second-order valence-corrected chi connectivity index (χ2v) is 5.60. The van der Waals surface area contributed by atoms with Crippen LogP contribution < -0.4 is 0 Å². The lowest BCUT2D eigenvalue weighted by Gasteiger charge is -2.01. The van der Waals surface area contributed by atoms with Gasteiger partial charge in [-0.1, -0.05) is 71.1 Å². The van der Waals surface area contributed by atoms with Gasteiger partial charge in [0.25, 0.3) is 0 Å². The van der Waals surface area contributed by atoms with Crippen LogP contribution in [-0.4, -0.2) is 23.7 Å². The summed E-state index contributed by atoms with van der Waals surface area (Å²) in [5, 5.41) is 8.46. The number of carbonyl (C=O) groups is 2. The zero-order chi connectivity index (χ0) is 17.1. The van der Waals surface area contributed by atoms with Crippen LogP contribution in [0.4, 0.5) is 0 Å². The minimum absolute atomic E-state index is 0.211. The van der Waals surface area contributed by atoms with E-state index in [1.807, 2.05) is 0 Å². The number of aliphatic carboxylic acids is 1. The molecule has 132 valence electrons. The van der Waals surface area contributed by atoms with Gasteiger partial charge >= 0.3 is 11.9 Å². The normalized spacial score (nSPS) is 9.77. The number of esters is 1. The Bertz CT molecular complexity index is 251. The molecule has 0 saturated carbocycles. The average Bonchev–Trinajstić information content (AvgIpc) is 2.45. The summed E-state index contributed by atoms with van der Waals surface area (Å²) in [6, 6.07) is 0. The number of hydrogen-bond donors (Lipinski definition) is 1. The van der Waals surface area contributed by atoms with Crippen LogP contribution in [0.25, 0.3) is 0 Å². The smallest absolute Gasteiger partial charge is 0.303 e. The standard InChI is InChI=1S/C14H28O2.C4H8O2/c1-2-3-4-5-6-7-8-9-10-11-12-13-14(15)16;1-3-6-4(2)5/h2-13H2,1H3,(H,15,16);3H2,1-2H3. The summed E-state index contributed by atoms with van der Waals surface area (Å²) >= 11 is 0. The Balaban J connectivity index is 0. The third-order valence-electron chi connectivity index (χ3n) is 3.34. The number of carboxylic acid groups (broad SMARTS) is 1. The molecule has 0 saturated heterocycles. The number of ether oxygens (including phenoxy) is 1. The van der Waals surface area contributed by atoms with E-state index in [1.165, 1.54) is 64.7 Å². The Morgan fingerprint density at radius 2 is 1.18 bits per heavy atom. The first-order chi connectivity index (χ1) is 10.5. The summed E-state index contributed by atoms with van der Waals surface area (Å²) in [4.78, 5) is 20.1. The highest BCUT2D eigenvalue weighted by atomic mass is 16.5. The van der Waals surface area contributed by atoms with Crippen LogP contribution in [0.3, 0.4) is 0 Å². The van der Waals surface area contributed by atoms with Crippen LogP contribution in [-0.2, 0) is 14.3 Å². The van der Waals surface area contributed by atoms with E-state index in [0.717, 1.165) is 12.8 Å². The maximum atomic E-state index is 10.3. The van der Waals surface area contributed by atoms with E-state index in [-0.39, 0.29) is 5.97 Å². The van der Waals surface area contributed by atoms with E-state index in [4.69, 9.17) is 5.11 Å². The Labute approximate surface area is 136 Å². The van der Waals surface area contributed by atoms with Crippen molar-refractivity contribution in [2.24, 2.45) is 0 Å². The molecule has 0 atom stereocenters. The van der Waals surface area contributed by atoms with E-state index in [1.54, 1.807) is 6.92 Å². The molecular formula is C18H36O4. The Morgan fingerprint density at radius 3 is 1.45 bits per heavy atom. The van der Waals surface area contributed by atoms with E-state index < -0.39 is 5.97 Å². The number of carboxylic acids is 1. The second-order valence-electron chi connectivity index (χ2n) is 5.60. The maximum Gasteiger partial charge on any atom is 0.303 e. The molecule has 0 aromatic rings. The SMILES string of the molecule is CCCCCCCCCCCCCC(=O)O.CCOC(C)=O. The van der Waals surface area contributed by atoms with Gasteiger partial charge in [0.2, 0.25) is 0 Å². The molecule has 0 aliphatic heterocycles. The van der Waals surface area contributed by atoms with Crippen molar-refractivity contribution in [2.75, 3.05) is 6.61 Å². The van der Waals surface area contributed by atoms with Crippen molar-refractivity contribution in [3.8, 4) is 0 Å². The summed E-state index contributed by atoms with van der Waals surface area (Å²) in [6.45, 7) is 5.90. The molecule has 0 amide bonds. The molecular weight excluding hydrogens is 280 g/mol. The molecule has 0 heterocycles. The lowest BCUT2D eigenvalue weighted by Crippen LogP contribution is -1.95. The molecule has 0 rings (SSSR count). The molecule has 0 unspecified atom stereocenters. The summed E-state index contributed by atoms with van der Waals surface area (Å²) in [7, 11) is 0. The van der Waals surface area contributed by atoms with Crippen LogP contribution in [0.15, 0.2) is 0 Å². The first kappa shape index (κ1) is 23.2. The number of carbonyl (C=O) groups excluding carboxylic acids is 1.